The number of hydrogen-bond acceptors (Lipinski definition) is 2. The smallest absolute Gasteiger partial charge is 0.153 e. The Bertz CT molecular complexity index is 431. The van der Waals surface area contributed by atoms with E-state index in [0.717, 1.165) is 0 Å². The van der Waals surface area contributed by atoms with Crippen molar-refractivity contribution in [2.75, 3.05) is 0 Å². The number of rotatable bonds is 1. The highest BCUT2D eigenvalue weighted by Gasteiger charge is 2.01. The van der Waals surface area contributed by atoms with Gasteiger partial charge in [0.2, 0.25) is 0 Å². The van der Waals surface area contributed by atoms with Crippen LogP contribution in [-0.2, 0) is 0 Å². The van der Waals surface area contributed by atoms with Gasteiger partial charge in [-0.3, -0.25) is 4.79 Å². The van der Waals surface area contributed by atoms with E-state index in [4.69, 9.17) is 5.79 Å². The first-order chi connectivity index (χ1) is 5.79. The predicted octanol–water partition coefficient (Wildman–Crippen LogP) is 2.25. The van der Waals surface area contributed by atoms with E-state index in [1.165, 1.54) is 6.26 Å². The molecule has 0 aliphatic rings. The highest BCUT2D eigenvalue weighted by Crippen LogP contribution is 2.18. The van der Waals surface area contributed by atoms with Crippen LogP contribution in [0.5, 0.6) is 0 Å². The van der Waals surface area contributed by atoms with Crippen LogP contribution in [0.1, 0.15) is 11.7 Å². The van der Waals surface area contributed by atoms with Gasteiger partial charge in [-0.05, 0) is 6.07 Å². The molecule has 0 bridgehead atoms. The van der Waals surface area contributed by atoms with Crippen molar-refractivity contribution in [2.45, 2.75) is 0 Å². The molecule has 0 atom stereocenters. The van der Waals surface area contributed by atoms with Gasteiger partial charge in [0.25, 0.3) is 0 Å². The maximum Gasteiger partial charge on any atom is 0.153 e. The number of benzene rings is 1. The zero-order chi connectivity index (χ0) is 8.55. The molecule has 0 aliphatic heterocycles. The van der Waals surface area contributed by atoms with Gasteiger partial charge in [-0.1, -0.05) is 18.2 Å². The van der Waals surface area contributed by atoms with Gasteiger partial charge >= 0.3 is 0 Å². The number of furan rings is 1. The Labute approximate surface area is 64.8 Å². The molecular weight excluding hydrogens is 140 g/mol. The second-order valence-corrected chi connectivity index (χ2v) is 2.25. The molecule has 1 aromatic carbocycles. The second-order valence-electron chi connectivity index (χ2n) is 2.25. The number of fused-ring (bicyclic) bond motifs is 1. The quantitative estimate of drug-likeness (QED) is 0.579. The topological polar surface area (TPSA) is 30.2 Å². The Morgan fingerprint density at radius 2 is 2.27 bits per heavy atom. The third-order valence-electron chi connectivity index (χ3n) is 1.59. The first-order valence-electron chi connectivity index (χ1n) is 3.76. The van der Waals surface area contributed by atoms with Crippen molar-refractivity contribution >= 4 is 17.2 Å². The summed E-state index contributed by atoms with van der Waals surface area (Å²) < 4.78 is 12.0. The normalized spacial score (nSPS) is 11.5. The van der Waals surface area contributed by atoms with E-state index < -0.39 is 6.26 Å². The van der Waals surface area contributed by atoms with E-state index in [1.807, 2.05) is 12.1 Å². The average molecular weight is 147 g/mol. The molecular formula is C9H6O2. The van der Waals surface area contributed by atoms with Crippen LogP contribution in [0.3, 0.4) is 0 Å². The van der Waals surface area contributed by atoms with E-state index in [0.29, 0.717) is 16.5 Å². The highest BCUT2D eigenvalue weighted by atomic mass is 16.3. The zero-order valence-corrected chi connectivity index (χ0v) is 5.70. The molecule has 0 aliphatic carbocycles. The molecule has 1 heterocycles. The Hall–Kier alpha value is -1.57. The molecule has 2 rings (SSSR count). The molecule has 0 fully saturated rings. The molecule has 1 aromatic heterocycles. The van der Waals surface area contributed by atoms with Crippen LogP contribution in [0.25, 0.3) is 11.0 Å². The number of hydrogen-bond donors (Lipinski definition) is 0. The first-order valence-corrected chi connectivity index (χ1v) is 3.26. The zero-order valence-electron chi connectivity index (χ0n) is 6.70. The minimum absolute atomic E-state index is 0.325. The minimum atomic E-state index is -0.708. The van der Waals surface area contributed by atoms with E-state index in [2.05, 4.69) is 0 Å². The Morgan fingerprint density at radius 3 is 3.09 bits per heavy atom. The first kappa shape index (κ1) is 5.13. The molecule has 0 radical (unpaired) electrons. The van der Waals surface area contributed by atoms with Gasteiger partial charge in [0.15, 0.2) is 6.26 Å². The molecule has 2 aromatic rings. The van der Waals surface area contributed by atoms with Crippen molar-refractivity contribution in [3.8, 4) is 0 Å². The van der Waals surface area contributed by atoms with Gasteiger partial charge in [0, 0.05) is 5.39 Å². The number of aldehydes is 1. The molecule has 0 saturated heterocycles. The van der Waals surface area contributed by atoms with Crippen LogP contribution in [0.2, 0.25) is 0 Å². The van der Waals surface area contributed by atoms with Crippen LogP contribution < -0.4 is 0 Å². The molecule has 0 saturated carbocycles. The highest BCUT2D eigenvalue weighted by molar-refractivity contribution is 5.95. The lowest BCUT2D eigenvalue weighted by atomic mass is 10.2. The van der Waals surface area contributed by atoms with E-state index in [9.17, 15) is 4.79 Å². The number of carbonyl (C=O) groups excluding carboxylic acids is 1. The third kappa shape index (κ3) is 0.835. The summed E-state index contributed by atoms with van der Waals surface area (Å²) in [5, 5.41) is 0.706. The maximum absolute atomic E-state index is 10.7. The van der Waals surface area contributed by atoms with Crippen LogP contribution in [0, 0.1) is 0 Å². The van der Waals surface area contributed by atoms with Crippen LogP contribution in [0.15, 0.2) is 34.9 Å². The van der Waals surface area contributed by atoms with Crippen molar-refractivity contribution in [3.05, 3.63) is 36.1 Å². The summed E-state index contributed by atoms with van der Waals surface area (Å²) in [4.78, 5) is 10.7. The van der Waals surface area contributed by atoms with Gasteiger partial charge in [-0.15, -0.1) is 0 Å². The van der Waals surface area contributed by atoms with Crippen molar-refractivity contribution < 1.29 is 10.6 Å². The number of para-hydroxylation sites is 1. The van der Waals surface area contributed by atoms with E-state index in [-0.39, 0.29) is 0 Å². The van der Waals surface area contributed by atoms with Crippen LogP contribution in [-0.4, -0.2) is 6.26 Å². The largest absolute Gasteiger partial charge is 0.464 e. The summed E-state index contributed by atoms with van der Waals surface area (Å²) in [7, 11) is 0. The molecule has 0 unspecified atom stereocenters. The Kier molecular flexibility index (Phi) is 1.04. The maximum atomic E-state index is 10.7. The molecule has 0 spiro atoms. The molecule has 0 amide bonds. The summed E-state index contributed by atoms with van der Waals surface area (Å²) in [6, 6.07) is 7.16. The fourth-order valence-corrected chi connectivity index (χ4v) is 1.06. The van der Waals surface area contributed by atoms with Crippen LogP contribution in [0.4, 0.5) is 0 Å². The Morgan fingerprint density at radius 1 is 1.45 bits per heavy atom. The van der Waals surface area contributed by atoms with Crippen molar-refractivity contribution in [1.82, 2.24) is 0 Å². The third-order valence-corrected chi connectivity index (χ3v) is 1.59. The summed E-state index contributed by atoms with van der Waals surface area (Å²) in [5.41, 5.74) is 0.971. The number of carbonyl (C=O) groups is 1. The lowest BCUT2D eigenvalue weighted by molar-refractivity contribution is 0.112. The molecule has 0 N–H and O–H groups in total. The lowest BCUT2D eigenvalue weighted by Gasteiger charge is -1.84. The monoisotopic (exact) mass is 147 g/mol. The molecule has 54 valence electrons. The second kappa shape index (κ2) is 2.23. The van der Waals surface area contributed by atoms with Crippen molar-refractivity contribution in [3.63, 3.8) is 0 Å². The summed E-state index contributed by atoms with van der Waals surface area (Å²) in [6.45, 7) is 0. The molecule has 2 heteroatoms. The van der Waals surface area contributed by atoms with Gasteiger partial charge in [0.1, 0.15) is 13.2 Å². The molecule has 2 nitrogen and oxygen atoms in total. The van der Waals surface area contributed by atoms with Gasteiger partial charge in [-0.2, -0.15) is 0 Å². The van der Waals surface area contributed by atoms with E-state index >= 15 is 0 Å². The van der Waals surface area contributed by atoms with Gasteiger partial charge in [-0.25, -0.2) is 0 Å². The molecule has 11 heavy (non-hydrogen) atoms. The predicted molar refractivity (Wildman–Crippen MR) is 41.6 cm³/mol. The standard InChI is InChI=1S/C9H6O2/c10-5-7-6-11-9-4-2-1-3-8(7)9/h1-6H/i5D. The average Bonchev–Trinajstić information content (AvgIpc) is 2.47. The summed E-state index contributed by atoms with van der Waals surface area (Å²) in [6.07, 6.45) is 0.611. The van der Waals surface area contributed by atoms with Crippen molar-refractivity contribution in [1.29, 1.82) is 0 Å². The fourth-order valence-electron chi connectivity index (χ4n) is 1.06. The van der Waals surface area contributed by atoms with Gasteiger partial charge < -0.3 is 4.42 Å². The fraction of sp³-hybridized carbons (Fsp3) is 0. The lowest BCUT2D eigenvalue weighted by Crippen LogP contribution is -1.72. The summed E-state index contributed by atoms with van der Waals surface area (Å²) in [5.74, 6) is 0. The van der Waals surface area contributed by atoms with Crippen molar-refractivity contribution in [2.24, 2.45) is 0 Å². The SMILES string of the molecule is [2H]C(=O)c1coc2ccccc12. The Balaban J connectivity index is 2.79. The minimum Gasteiger partial charge on any atom is -0.464 e. The van der Waals surface area contributed by atoms with E-state index in [1.54, 1.807) is 12.1 Å². The summed E-state index contributed by atoms with van der Waals surface area (Å²) >= 11 is 0. The van der Waals surface area contributed by atoms with Gasteiger partial charge in [0.05, 0.1) is 5.56 Å². The van der Waals surface area contributed by atoms with Crippen LogP contribution >= 0.6 is 0 Å².